The number of amides is 1. The molecule has 2 aromatic heterocycles. The van der Waals surface area contributed by atoms with Crippen LogP contribution in [0.2, 0.25) is 0 Å². The number of hydrogen-bond acceptors (Lipinski definition) is 5. The average Bonchev–Trinajstić information content (AvgIpc) is 2.71. The Kier molecular flexibility index (Phi) is 6.08. The summed E-state index contributed by atoms with van der Waals surface area (Å²) in [6.07, 6.45) is 4.26. The number of nitriles is 1. The molecule has 7 heteroatoms. The van der Waals surface area contributed by atoms with Crippen molar-refractivity contribution in [3.05, 3.63) is 87.9 Å². The predicted octanol–water partition coefficient (Wildman–Crippen LogP) is 3.31. The molecule has 1 N–H and O–H groups in total. The third-order valence-electron chi connectivity index (χ3n) is 4.20. The van der Waals surface area contributed by atoms with Crippen LogP contribution in [0, 0.1) is 25.2 Å². The van der Waals surface area contributed by atoms with Crippen LogP contribution in [-0.2, 0) is 4.79 Å². The molecule has 0 saturated carbocycles. The summed E-state index contributed by atoms with van der Waals surface area (Å²) < 4.78 is 7.27. The molecule has 150 valence electrons. The maximum absolute atomic E-state index is 13.1. The lowest BCUT2D eigenvalue weighted by molar-refractivity contribution is -0.116. The summed E-state index contributed by atoms with van der Waals surface area (Å²) in [5.41, 5.74) is 1.67. The van der Waals surface area contributed by atoms with E-state index in [4.69, 9.17) is 4.74 Å². The van der Waals surface area contributed by atoms with E-state index >= 15 is 0 Å². The molecule has 0 radical (unpaired) electrons. The maximum atomic E-state index is 13.1. The Labute approximate surface area is 173 Å². The van der Waals surface area contributed by atoms with E-state index in [1.165, 1.54) is 16.6 Å². The van der Waals surface area contributed by atoms with Crippen LogP contribution in [0.3, 0.4) is 0 Å². The Morgan fingerprint density at radius 2 is 2.03 bits per heavy atom. The number of nitrogens with one attached hydrogen (secondary N) is 1. The summed E-state index contributed by atoms with van der Waals surface area (Å²) in [5.74, 6) is -0.100. The van der Waals surface area contributed by atoms with E-state index in [0.717, 1.165) is 11.1 Å². The van der Waals surface area contributed by atoms with E-state index < -0.39 is 11.5 Å². The Morgan fingerprint density at radius 3 is 2.70 bits per heavy atom. The predicted molar refractivity (Wildman–Crippen MR) is 114 cm³/mol. The van der Waals surface area contributed by atoms with Crippen molar-refractivity contribution in [2.45, 2.75) is 13.8 Å². The number of carbonyl (C=O) groups is 1. The van der Waals surface area contributed by atoms with Crippen molar-refractivity contribution >= 4 is 17.6 Å². The standard InChI is InChI=1S/C23H20N4O3/c1-4-8-25-21(28)17(14-24)13-19-22(30-18-11-15(2)10-16(3)12-18)26-20-7-5-6-9-27(20)23(19)29/h4-7,9-13H,1,8H2,2-3H3,(H,25,28). The van der Waals surface area contributed by atoms with Gasteiger partial charge in [-0.25, -0.2) is 0 Å². The summed E-state index contributed by atoms with van der Waals surface area (Å²) in [6.45, 7) is 7.58. The first kappa shape index (κ1) is 20.6. The zero-order chi connectivity index (χ0) is 21.7. The van der Waals surface area contributed by atoms with Gasteiger partial charge in [0.25, 0.3) is 11.5 Å². The first-order valence-corrected chi connectivity index (χ1v) is 9.21. The van der Waals surface area contributed by atoms with Crippen LogP contribution in [0.1, 0.15) is 16.7 Å². The second-order valence-electron chi connectivity index (χ2n) is 6.66. The molecule has 0 aliphatic carbocycles. The van der Waals surface area contributed by atoms with Crippen LogP contribution in [0.15, 0.2) is 65.6 Å². The summed E-state index contributed by atoms with van der Waals surface area (Å²) in [7, 11) is 0. The molecule has 0 aliphatic heterocycles. The van der Waals surface area contributed by atoms with Gasteiger partial charge in [-0.05, 0) is 55.3 Å². The van der Waals surface area contributed by atoms with Gasteiger partial charge in [0.2, 0.25) is 5.88 Å². The number of benzene rings is 1. The highest BCUT2D eigenvalue weighted by atomic mass is 16.5. The second kappa shape index (κ2) is 8.88. The molecule has 30 heavy (non-hydrogen) atoms. The maximum Gasteiger partial charge on any atom is 0.269 e. The lowest BCUT2D eigenvalue weighted by Gasteiger charge is -2.11. The molecule has 2 heterocycles. The SMILES string of the molecule is C=CCNC(=O)C(C#N)=Cc1c(Oc2cc(C)cc(C)c2)nc2ccccn2c1=O. The van der Waals surface area contributed by atoms with Crippen molar-refractivity contribution in [2.75, 3.05) is 6.54 Å². The zero-order valence-corrected chi connectivity index (χ0v) is 16.7. The van der Waals surface area contributed by atoms with Gasteiger partial charge in [-0.1, -0.05) is 18.2 Å². The minimum atomic E-state index is -0.618. The fourth-order valence-electron chi connectivity index (χ4n) is 2.94. The van der Waals surface area contributed by atoms with Gasteiger partial charge in [0.1, 0.15) is 28.6 Å². The molecule has 0 spiro atoms. The first-order chi connectivity index (χ1) is 14.4. The average molecular weight is 400 g/mol. The molecular weight excluding hydrogens is 380 g/mol. The zero-order valence-electron chi connectivity index (χ0n) is 16.7. The number of fused-ring (bicyclic) bond motifs is 1. The molecule has 0 saturated heterocycles. The highest BCUT2D eigenvalue weighted by Crippen LogP contribution is 2.25. The number of ether oxygens (including phenoxy) is 1. The monoisotopic (exact) mass is 400 g/mol. The molecule has 3 aromatic rings. The fourth-order valence-corrected chi connectivity index (χ4v) is 2.94. The largest absolute Gasteiger partial charge is 0.438 e. The molecule has 0 atom stereocenters. The van der Waals surface area contributed by atoms with Crippen molar-refractivity contribution in [2.24, 2.45) is 0 Å². The van der Waals surface area contributed by atoms with E-state index in [-0.39, 0.29) is 23.6 Å². The Balaban J connectivity index is 2.19. The molecule has 0 unspecified atom stereocenters. The van der Waals surface area contributed by atoms with Gasteiger partial charge in [-0.2, -0.15) is 10.2 Å². The summed E-state index contributed by atoms with van der Waals surface area (Å²) in [4.78, 5) is 29.8. The number of aryl methyl sites for hydroxylation is 2. The molecule has 1 amide bonds. The smallest absolute Gasteiger partial charge is 0.269 e. The summed E-state index contributed by atoms with van der Waals surface area (Å²) in [5, 5.41) is 12.0. The van der Waals surface area contributed by atoms with Gasteiger partial charge in [0.15, 0.2) is 0 Å². The lowest BCUT2D eigenvalue weighted by Crippen LogP contribution is -2.25. The van der Waals surface area contributed by atoms with E-state index in [0.29, 0.717) is 11.4 Å². The fraction of sp³-hybridized carbons (Fsp3) is 0.130. The van der Waals surface area contributed by atoms with Crippen LogP contribution in [0.4, 0.5) is 0 Å². The van der Waals surface area contributed by atoms with E-state index in [1.807, 2.05) is 38.1 Å². The van der Waals surface area contributed by atoms with Gasteiger partial charge in [0, 0.05) is 12.7 Å². The third-order valence-corrected chi connectivity index (χ3v) is 4.20. The number of aromatic nitrogens is 2. The van der Waals surface area contributed by atoms with E-state index in [1.54, 1.807) is 24.4 Å². The lowest BCUT2D eigenvalue weighted by atomic mass is 10.1. The van der Waals surface area contributed by atoms with Crippen LogP contribution in [0.5, 0.6) is 11.6 Å². The van der Waals surface area contributed by atoms with Crippen LogP contribution in [-0.4, -0.2) is 21.8 Å². The third kappa shape index (κ3) is 4.45. The van der Waals surface area contributed by atoms with Gasteiger partial charge < -0.3 is 10.1 Å². The highest BCUT2D eigenvalue weighted by molar-refractivity contribution is 6.02. The molecule has 3 rings (SSSR count). The second-order valence-corrected chi connectivity index (χ2v) is 6.66. The number of carbonyl (C=O) groups excluding carboxylic acids is 1. The van der Waals surface area contributed by atoms with Crippen molar-refractivity contribution < 1.29 is 9.53 Å². The number of pyridine rings is 1. The molecule has 1 aromatic carbocycles. The molecule has 7 nitrogen and oxygen atoms in total. The first-order valence-electron chi connectivity index (χ1n) is 9.21. The Bertz CT molecular complexity index is 1250. The van der Waals surface area contributed by atoms with Crippen LogP contribution in [0.25, 0.3) is 11.7 Å². The van der Waals surface area contributed by atoms with Gasteiger partial charge in [-0.3, -0.25) is 14.0 Å². The normalized spacial score (nSPS) is 11.0. The van der Waals surface area contributed by atoms with Gasteiger partial charge >= 0.3 is 0 Å². The number of rotatable bonds is 6. The molecule has 0 fully saturated rings. The highest BCUT2D eigenvalue weighted by Gasteiger charge is 2.17. The summed E-state index contributed by atoms with van der Waals surface area (Å²) in [6, 6.07) is 12.6. The van der Waals surface area contributed by atoms with Crippen molar-refractivity contribution in [1.29, 1.82) is 5.26 Å². The topological polar surface area (TPSA) is 96.5 Å². The summed E-state index contributed by atoms with van der Waals surface area (Å²) >= 11 is 0. The van der Waals surface area contributed by atoms with Crippen LogP contribution < -0.4 is 15.6 Å². The Morgan fingerprint density at radius 1 is 1.30 bits per heavy atom. The van der Waals surface area contributed by atoms with Gasteiger partial charge in [0.05, 0.1) is 0 Å². The van der Waals surface area contributed by atoms with Gasteiger partial charge in [-0.15, -0.1) is 6.58 Å². The number of nitrogens with zero attached hydrogens (tertiary/aromatic N) is 3. The molecule has 0 aliphatic rings. The van der Waals surface area contributed by atoms with E-state index in [2.05, 4.69) is 16.9 Å². The van der Waals surface area contributed by atoms with Crippen molar-refractivity contribution in [3.8, 4) is 17.7 Å². The van der Waals surface area contributed by atoms with Crippen molar-refractivity contribution in [1.82, 2.24) is 14.7 Å². The number of hydrogen-bond donors (Lipinski definition) is 1. The van der Waals surface area contributed by atoms with Crippen LogP contribution >= 0.6 is 0 Å². The van der Waals surface area contributed by atoms with Crippen molar-refractivity contribution in [3.63, 3.8) is 0 Å². The quantitative estimate of drug-likeness (QED) is 0.389. The minimum Gasteiger partial charge on any atom is -0.438 e. The minimum absolute atomic E-state index is 0.00293. The molecular formula is C23H20N4O3. The molecule has 0 bridgehead atoms. The van der Waals surface area contributed by atoms with E-state index in [9.17, 15) is 14.9 Å². The Hall–Kier alpha value is -4.18.